The van der Waals surface area contributed by atoms with Crippen LogP contribution in [0.15, 0.2) is 53.4 Å². The summed E-state index contributed by atoms with van der Waals surface area (Å²) >= 11 is 0. The summed E-state index contributed by atoms with van der Waals surface area (Å²) in [5.41, 5.74) is 6.40. The number of rotatable bonds is 10. The molecule has 8 nitrogen and oxygen atoms in total. The van der Waals surface area contributed by atoms with Crippen LogP contribution >= 0.6 is 0 Å². The second-order valence-electron chi connectivity index (χ2n) is 7.39. The van der Waals surface area contributed by atoms with Gasteiger partial charge in [0.1, 0.15) is 11.8 Å². The lowest BCUT2D eigenvalue weighted by atomic mass is 10.0. The van der Waals surface area contributed by atoms with Gasteiger partial charge >= 0.3 is 0 Å². The number of carbonyl (C=O) groups excluding carboxylic acids is 2. The smallest absolute Gasteiger partial charge is 0.255 e. The third-order valence-electron chi connectivity index (χ3n) is 4.13. The molecule has 0 aliphatic rings. The first-order chi connectivity index (χ1) is 14.1. The summed E-state index contributed by atoms with van der Waals surface area (Å²) in [6.07, 6.45) is 0.314. The number of nitrogens with one attached hydrogen (secondary N) is 2. The maximum absolute atomic E-state index is 12.8. The molecule has 0 heterocycles. The number of sulfonamides is 1. The molecule has 0 spiro atoms. The Morgan fingerprint density at radius 3 is 2.37 bits per heavy atom. The molecule has 162 valence electrons. The second kappa shape index (κ2) is 10.2. The predicted molar refractivity (Wildman–Crippen MR) is 115 cm³/mol. The van der Waals surface area contributed by atoms with Gasteiger partial charge in [0.25, 0.3) is 5.91 Å². The highest BCUT2D eigenvalue weighted by molar-refractivity contribution is 7.89. The normalized spacial score (nSPS) is 12.4. The molecule has 0 fully saturated rings. The molecule has 0 aromatic heterocycles. The number of amides is 2. The van der Waals surface area contributed by atoms with Crippen LogP contribution in [-0.4, -0.2) is 32.9 Å². The van der Waals surface area contributed by atoms with Crippen molar-refractivity contribution in [3.63, 3.8) is 0 Å². The Balaban J connectivity index is 2.16. The predicted octanol–water partition coefficient (Wildman–Crippen LogP) is 2.19. The van der Waals surface area contributed by atoms with E-state index in [1.807, 2.05) is 20.8 Å². The van der Waals surface area contributed by atoms with E-state index in [0.29, 0.717) is 17.9 Å². The maximum Gasteiger partial charge on any atom is 0.255 e. The SMILES string of the molecule is Cc1ccc(S(=O)(=O)N[C@H](CC(C)C)C(=O)Nc2cccc(OCC(N)=O)c2)cc1. The largest absolute Gasteiger partial charge is 0.484 e. The monoisotopic (exact) mass is 433 g/mol. The van der Waals surface area contributed by atoms with Crippen molar-refractivity contribution >= 4 is 27.5 Å². The average molecular weight is 434 g/mol. The Labute approximate surface area is 176 Å². The van der Waals surface area contributed by atoms with E-state index in [9.17, 15) is 18.0 Å². The van der Waals surface area contributed by atoms with Crippen LogP contribution in [0.2, 0.25) is 0 Å². The van der Waals surface area contributed by atoms with Crippen LogP contribution in [-0.2, 0) is 19.6 Å². The van der Waals surface area contributed by atoms with E-state index in [1.54, 1.807) is 30.3 Å². The Morgan fingerprint density at radius 2 is 1.77 bits per heavy atom. The molecule has 9 heteroatoms. The fraction of sp³-hybridized carbons (Fsp3) is 0.333. The van der Waals surface area contributed by atoms with Gasteiger partial charge < -0.3 is 15.8 Å². The molecule has 30 heavy (non-hydrogen) atoms. The van der Waals surface area contributed by atoms with E-state index >= 15 is 0 Å². The quantitative estimate of drug-likeness (QED) is 0.529. The number of hydrogen-bond acceptors (Lipinski definition) is 5. The number of primary amides is 1. The number of carbonyl (C=O) groups is 2. The minimum Gasteiger partial charge on any atom is -0.484 e. The van der Waals surface area contributed by atoms with Gasteiger partial charge in [-0.1, -0.05) is 37.6 Å². The van der Waals surface area contributed by atoms with Crippen molar-refractivity contribution in [2.24, 2.45) is 11.7 Å². The Kier molecular flexibility index (Phi) is 7.96. The molecule has 2 rings (SSSR count). The average Bonchev–Trinajstić information content (AvgIpc) is 2.66. The fourth-order valence-electron chi connectivity index (χ4n) is 2.70. The van der Waals surface area contributed by atoms with Crippen molar-refractivity contribution in [3.8, 4) is 5.75 Å². The highest BCUT2D eigenvalue weighted by atomic mass is 32.2. The van der Waals surface area contributed by atoms with Crippen molar-refractivity contribution in [1.29, 1.82) is 0 Å². The first-order valence-electron chi connectivity index (χ1n) is 9.48. The second-order valence-corrected chi connectivity index (χ2v) is 9.10. The van der Waals surface area contributed by atoms with Gasteiger partial charge in [0, 0.05) is 11.8 Å². The number of benzene rings is 2. The van der Waals surface area contributed by atoms with Crippen LogP contribution in [0, 0.1) is 12.8 Å². The Hall–Kier alpha value is -2.91. The summed E-state index contributed by atoms with van der Waals surface area (Å²) in [5, 5.41) is 2.70. The Morgan fingerprint density at radius 1 is 1.10 bits per heavy atom. The van der Waals surface area contributed by atoms with E-state index < -0.39 is 27.9 Å². The zero-order chi connectivity index (χ0) is 22.3. The molecule has 0 unspecified atom stereocenters. The highest BCUT2D eigenvalue weighted by Gasteiger charge is 2.26. The molecule has 0 saturated carbocycles. The van der Waals surface area contributed by atoms with E-state index in [-0.39, 0.29) is 17.4 Å². The van der Waals surface area contributed by atoms with Gasteiger partial charge in [-0.3, -0.25) is 9.59 Å². The molecule has 2 aromatic carbocycles. The van der Waals surface area contributed by atoms with Crippen LogP contribution in [0.1, 0.15) is 25.8 Å². The molecule has 0 radical (unpaired) electrons. The number of hydrogen-bond donors (Lipinski definition) is 3. The van der Waals surface area contributed by atoms with E-state index in [1.165, 1.54) is 18.2 Å². The van der Waals surface area contributed by atoms with Gasteiger partial charge in [0.05, 0.1) is 4.90 Å². The first kappa shape index (κ1) is 23.4. The summed E-state index contributed by atoms with van der Waals surface area (Å²) < 4.78 is 33.2. The third kappa shape index (κ3) is 7.16. The zero-order valence-corrected chi connectivity index (χ0v) is 18.0. The molecule has 1 atom stereocenters. The lowest BCUT2D eigenvalue weighted by molar-refractivity contribution is -0.120. The number of anilines is 1. The fourth-order valence-corrected chi connectivity index (χ4v) is 3.91. The van der Waals surface area contributed by atoms with Crippen molar-refractivity contribution < 1.29 is 22.7 Å². The van der Waals surface area contributed by atoms with Crippen molar-refractivity contribution in [3.05, 3.63) is 54.1 Å². The van der Waals surface area contributed by atoms with Crippen LogP contribution in [0.5, 0.6) is 5.75 Å². The topological polar surface area (TPSA) is 128 Å². The number of nitrogens with two attached hydrogens (primary N) is 1. The summed E-state index contributed by atoms with van der Waals surface area (Å²) in [6.45, 7) is 5.38. The van der Waals surface area contributed by atoms with Gasteiger partial charge in [-0.15, -0.1) is 0 Å². The van der Waals surface area contributed by atoms with Gasteiger partial charge in [-0.25, -0.2) is 8.42 Å². The lowest BCUT2D eigenvalue weighted by Gasteiger charge is -2.20. The van der Waals surface area contributed by atoms with E-state index in [4.69, 9.17) is 10.5 Å². The van der Waals surface area contributed by atoms with E-state index in [0.717, 1.165) is 5.56 Å². The molecular formula is C21H27N3O5S. The third-order valence-corrected chi connectivity index (χ3v) is 5.62. The molecule has 0 aliphatic carbocycles. The van der Waals surface area contributed by atoms with Crippen LogP contribution < -0.4 is 20.5 Å². The van der Waals surface area contributed by atoms with Gasteiger partial charge in [0.15, 0.2) is 6.61 Å². The molecule has 0 aliphatic heterocycles. The summed E-state index contributed by atoms with van der Waals surface area (Å²) in [7, 11) is -3.87. The molecule has 0 bridgehead atoms. The molecular weight excluding hydrogens is 406 g/mol. The first-order valence-corrected chi connectivity index (χ1v) is 11.0. The minimum absolute atomic E-state index is 0.0757. The van der Waals surface area contributed by atoms with Crippen molar-refractivity contribution in [2.75, 3.05) is 11.9 Å². The molecule has 2 aromatic rings. The van der Waals surface area contributed by atoms with Gasteiger partial charge in [0.2, 0.25) is 15.9 Å². The molecule has 0 saturated heterocycles. The lowest BCUT2D eigenvalue weighted by Crippen LogP contribution is -2.44. The van der Waals surface area contributed by atoms with Gasteiger partial charge in [-0.2, -0.15) is 4.72 Å². The Bertz CT molecular complexity index is 988. The standard InChI is InChI=1S/C21H27N3O5S/c1-14(2)11-19(24-30(27,28)18-9-7-15(3)8-10-18)21(26)23-16-5-4-6-17(12-16)29-13-20(22)25/h4-10,12,14,19,24H,11,13H2,1-3H3,(H2,22,25)(H,23,26)/t19-/m1/s1. The molecule has 4 N–H and O–H groups in total. The van der Waals surface area contributed by atoms with Crippen molar-refractivity contribution in [2.45, 2.75) is 38.1 Å². The maximum atomic E-state index is 12.8. The minimum atomic E-state index is -3.87. The highest BCUT2D eigenvalue weighted by Crippen LogP contribution is 2.19. The summed E-state index contributed by atoms with van der Waals surface area (Å²) in [5.74, 6) is -0.683. The summed E-state index contributed by atoms with van der Waals surface area (Å²) in [6, 6.07) is 11.9. The number of aryl methyl sites for hydroxylation is 1. The van der Waals surface area contributed by atoms with Gasteiger partial charge in [-0.05, 0) is 43.5 Å². The molecule has 2 amide bonds. The van der Waals surface area contributed by atoms with E-state index in [2.05, 4.69) is 10.0 Å². The van der Waals surface area contributed by atoms with Crippen LogP contribution in [0.25, 0.3) is 0 Å². The van der Waals surface area contributed by atoms with Crippen molar-refractivity contribution in [1.82, 2.24) is 4.72 Å². The van der Waals surface area contributed by atoms with Crippen LogP contribution in [0.4, 0.5) is 5.69 Å². The zero-order valence-electron chi connectivity index (χ0n) is 17.2. The van der Waals surface area contributed by atoms with Crippen LogP contribution in [0.3, 0.4) is 0 Å². The summed E-state index contributed by atoms with van der Waals surface area (Å²) in [4.78, 5) is 23.8. The number of ether oxygens (including phenoxy) is 1.